The molecule has 9 heteroatoms. The van der Waals surface area contributed by atoms with E-state index in [1.165, 1.54) is 0 Å². The van der Waals surface area contributed by atoms with Crippen LogP contribution in [0.2, 0.25) is 0 Å². The number of carbonyl (C=O) groups is 1. The number of nitrogens with one attached hydrogen (secondary N) is 2. The summed E-state index contributed by atoms with van der Waals surface area (Å²) in [6, 6.07) is 15.4. The maximum atomic E-state index is 12.1. The summed E-state index contributed by atoms with van der Waals surface area (Å²) in [5, 5.41) is 14.1. The van der Waals surface area contributed by atoms with Crippen molar-refractivity contribution in [3.8, 4) is 17.1 Å². The van der Waals surface area contributed by atoms with Crippen molar-refractivity contribution in [1.82, 2.24) is 29.4 Å². The number of hydrogen-bond acceptors (Lipinski definition) is 6. The molecule has 0 unspecified atom stereocenters. The predicted octanol–water partition coefficient (Wildman–Crippen LogP) is 3.96. The quantitative estimate of drug-likeness (QED) is 0.309. The van der Waals surface area contributed by atoms with Crippen LogP contribution < -0.4 is 5.32 Å². The molecule has 6 rings (SSSR count). The van der Waals surface area contributed by atoms with Crippen LogP contribution in [0.15, 0.2) is 61.1 Å². The van der Waals surface area contributed by atoms with Gasteiger partial charge in [0.25, 0.3) is 0 Å². The molecule has 0 aliphatic carbocycles. The molecule has 1 amide bonds. The second-order valence-corrected chi connectivity index (χ2v) is 9.11. The largest absolute Gasteiger partial charge is 0.508 e. The third-order valence-electron chi connectivity index (χ3n) is 6.70. The van der Waals surface area contributed by atoms with Crippen LogP contribution in [0, 0.1) is 0 Å². The zero-order chi connectivity index (χ0) is 24.5. The summed E-state index contributed by atoms with van der Waals surface area (Å²) in [6.07, 6.45) is 6.03. The van der Waals surface area contributed by atoms with Crippen molar-refractivity contribution in [2.45, 2.75) is 25.8 Å². The van der Waals surface area contributed by atoms with Crippen molar-refractivity contribution < 1.29 is 9.90 Å². The van der Waals surface area contributed by atoms with Crippen molar-refractivity contribution in [1.29, 1.82) is 0 Å². The van der Waals surface area contributed by atoms with Crippen LogP contribution in [0.25, 0.3) is 33.5 Å². The number of anilines is 1. The molecule has 3 N–H and O–H groups in total. The lowest BCUT2D eigenvalue weighted by Crippen LogP contribution is -2.28. The smallest absolute Gasteiger partial charge is 0.222 e. The van der Waals surface area contributed by atoms with E-state index in [4.69, 9.17) is 9.97 Å². The summed E-state index contributed by atoms with van der Waals surface area (Å²) in [5.41, 5.74) is 4.55. The Balaban J connectivity index is 1.32. The topological polar surface area (TPSA) is 112 Å². The number of likely N-dealkylation sites (tertiary alicyclic amines) is 1. The fourth-order valence-electron chi connectivity index (χ4n) is 4.71. The number of benzene rings is 2. The number of amides is 1. The van der Waals surface area contributed by atoms with Gasteiger partial charge in [-0.1, -0.05) is 12.1 Å². The van der Waals surface area contributed by atoms with Crippen molar-refractivity contribution in [3.05, 3.63) is 66.6 Å². The molecule has 1 aliphatic rings. The Morgan fingerprint density at radius 3 is 2.78 bits per heavy atom. The molecule has 1 fully saturated rings. The average Bonchev–Trinajstić information content (AvgIpc) is 3.63. The van der Waals surface area contributed by atoms with E-state index in [1.54, 1.807) is 18.5 Å². The van der Waals surface area contributed by atoms with Crippen molar-refractivity contribution in [2.75, 3.05) is 25.0 Å². The first-order valence-corrected chi connectivity index (χ1v) is 12.2. The van der Waals surface area contributed by atoms with Gasteiger partial charge in [0.05, 0.1) is 6.33 Å². The van der Waals surface area contributed by atoms with E-state index in [9.17, 15) is 9.90 Å². The fourth-order valence-corrected chi connectivity index (χ4v) is 4.71. The summed E-state index contributed by atoms with van der Waals surface area (Å²) in [4.78, 5) is 31.6. The predicted molar refractivity (Wildman–Crippen MR) is 139 cm³/mol. The summed E-state index contributed by atoms with van der Waals surface area (Å²) in [5.74, 6) is 1.77. The number of rotatable bonds is 8. The molecule has 36 heavy (non-hydrogen) atoms. The Bertz CT molecular complexity index is 1540. The number of phenolic OH excluding ortho intramolecular Hbond substituents is 1. The lowest BCUT2D eigenvalue weighted by molar-refractivity contribution is -0.127. The zero-order valence-electron chi connectivity index (χ0n) is 19.8. The molecule has 3 aromatic heterocycles. The van der Waals surface area contributed by atoms with Crippen LogP contribution in [0.3, 0.4) is 0 Å². The highest BCUT2D eigenvalue weighted by Gasteiger charge is 2.21. The number of fused-ring (bicyclic) bond motifs is 2. The molecule has 4 heterocycles. The Kier molecular flexibility index (Phi) is 5.73. The van der Waals surface area contributed by atoms with E-state index < -0.39 is 0 Å². The second-order valence-electron chi connectivity index (χ2n) is 9.11. The highest BCUT2D eigenvalue weighted by molar-refractivity contribution is 5.88. The van der Waals surface area contributed by atoms with E-state index in [-0.39, 0.29) is 11.7 Å². The van der Waals surface area contributed by atoms with Crippen LogP contribution in [0.5, 0.6) is 5.75 Å². The van der Waals surface area contributed by atoms with Gasteiger partial charge in [-0.25, -0.2) is 15.0 Å². The molecule has 1 saturated heterocycles. The minimum absolute atomic E-state index is 0.214. The van der Waals surface area contributed by atoms with Gasteiger partial charge in [-0.2, -0.15) is 0 Å². The molecule has 5 aromatic rings. The van der Waals surface area contributed by atoms with Crippen LogP contribution in [-0.4, -0.2) is 60.1 Å². The van der Waals surface area contributed by atoms with Crippen molar-refractivity contribution in [3.63, 3.8) is 0 Å². The summed E-state index contributed by atoms with van der Waals surface area (Å²) in [6.45, 7) is 2.74. The Morgan fingerprint density at radius 1 is 1.06 bits per heavy atom. The van der Waals surface area contributed by atoms with Crippen LogP contribution >= 0.6 is 0 Å². The van der Waals surface area contributed by atoms with Gasteiger partial charge in [0, 0.05) is 55.3 Å². The highest BCUT2D eigenvalue weighted by atomic mass is 16.3. The molecule has 2 aromatic carbocycles. The highest BCUT2D eigenvalue weighted by Crippen LogP contribution is 2.27. The lowest BCUT2D eigenvalue weighted by atomic mass is 10.1. The number of carbonyl (C=O) groups excluding carboxylic acids is 1. The van der Waals surface area contributed by atoms with Gasteiger partial charge < -0.3 is 24.9 Å². The lowest BCUT2D eigenvalue weighted by Gasteiger charge is -2.16. The van der Waals surface area contributed by atoms with Crippen molar-refractivity contribution in [2.24, 2.45) is 0 Å². The number of imidazole rings is 1. The van der Waals surface area contributed by atoms with E-state index in [2.05, 4.69) is 21.4 Å². The summed E-state index contributed by atoms with van der Waals surface area (Å²) in [7, 11) is 0. The maximum Gasteiger partial charge on any atom is 0.222 e. The van der Waals surface area contributed by atoms with Crippen LogP contribution in [0.4, 0.5) is 5.82 Å². The summed E-state index contributed by atoms with van der Waals surface area (Å²) < 4.78 is 2.01. The molecule has 0 spiro atoms. The number of hydrogen-bond donors (Lipinski definition) is 3. The molecular weight excluding hydrogens is 454 g/mol. The summed E-state index contributed by atoms with van der Waals surface area (Å²) >= 11 is 0. The van der Waals surface area contributed by atoms with Crippen LogP contribution in [0.1, 0.15) is 18.4 Å². The number of nitrogens with zero attached hydrogens (tertiary/aromatic N) is 5. The monoisotopic (exact) mass is 481 g/mol. The molecule has 0 bridgehead atoms. The van der Waals surface area contributed by atoms with E-state index >= 15 is 0 Å². The van der Waals surface area contributed by atoms with E-state index in [0.29, 0.717) is 43.2 Å². The average molecular weight is 482 g/mol. The number of H-pyrrole nitrogens is 1. The Morgan fingerprint density at radius 2 is 1.94 bits per heavy atom. The SMILES string of the molecule is O=C1CCCN1CCn1cnc2c(NCCc3ccc(O)cc3)nc(-c3ccc4[nH]ccc4c3)nc21. The van der Waals surface area contributed by atoms with Gasteiger partial charge in [-0.15, -0.1) is 0 Å². The number of aromatic hydroxyl groups is 1. The third kappa shape index (κ3) is 4.35. The van der Waals surface area contributed by atoms with Gasteiger partial charge in [0.2, 0.25) is 5.91 Å². The van der Waals surface area contributed by atoms with Gasteiger partial charge in [-0.05, 0) is 54.8 Å². The first-order chi connectivity index (χ1) is 17.6. The molecule has 9 nitrogen and oxygen atoms in total. The minimum atomic E-state index is 0.214. The fraction of sp³-hybridized carbons (Fsp3) is 0.259. The zero-order valence-corrected chi connectivity index (χ0v) is 19.8. The normalized spacial score (nSPS) is 13.8. The van der Waals surface area contributed by atoms with Crippen LogP contribution in [-0.2, 0) is 17.8 Å². The standard InChI is InChI=1S/C27H27N7O2/c35-21-6-3-18(4-7-21)9-11-29-26-24-27(34(17-30-24)15-14-33-13-1-2-23(33)36)32-25(31-26)20-5-8-22-19(16-20)10-12-28-22/h3-8,10,12,16-17,28,35H,1-2,9,11,13-15H2,(H,29,31,32). The van der Waals surface area contributed by atoms with Gasteiger partial charge >= 0.3 is 0 Å². The number of aromatic amines is 1. The first kappa shape index (κ1) is 22.1. The first-order valence-electron chi connectivity index (χ1n) is 12.2. The molecule has 182 valence electrons. The number of phenols is 1. The molecule has 0 saturated carbocycles. The minimum Gasteiger partial charge on any atom is -0.508 e. The maximum absolute atomic E-state index is 12.1. The molecular formula is C27H27N7O2. The van der Waals surface area contributed by atoms with Crippen molar-refractivity contribution >= 4 is 33.8 Å². The van der Waals surface area contributed by atoms with Gasteiger partial charge in [0.1, 0.15) is 11.3 Å². The Labute approximate surface area is 207 Å². The Hall–Kier alpha value is -4.40. The molecule has 0 radical (unpaired) electrons. The van der Waals surface area contributed by atoms with Gasteiger partial charge in [0.15, 0.2) is 17.3 Å². The van der Waals surface area contributed by atoms with Gasteiger partial charge in [-0.3, -0.25) is 4.79 Å². The molecule has 1 aliphatic heterocycles. The second kappa shape index (κ2) is 9.33. The van der Waals surface area contributed by atoms with E-state index in [1.807, 2.05) is 46.0 Å². The number of aromatic nitrogens is 5. The third-order valence-corrected chi connectivity index (χ3v) is 6.70. The molecule has 0 atom stereocenters. The van der Waals surface area contributed by atoms with E-state index in [0.717, 1.165) is 47.1 Å².